The van der Waals surface area contributed by atoms with Crippen molar-refractivity contribution >= 4 is 11.8 Å². The van der Waals surface area contributed by atoms with Gasteiger partial charge in [-0.15, -0.1) is 6.58 Å². The molecule has 0 N–H and O–H groups in total. The summed E-state index contributed by atoms with van der Waals surface area (Å²) in [6.45, 7) is 9.50. The molecule has 0 rings (SSSR count). The van der Waals surface area contributed by atoms with Crippen molar-refractivity contribution in [2.45, 2.75) is 12.2 Å². The second-order valence-corrected chi connectivity index (χ2v) is 2.75. The number of rotatable bonds is 3. The highest BCUT2D eigenvalue weighted by Crippen LogP contribution is 2.07. The van der Waals surface area contributed by atoms with Crippen molar-refractivity contribution in [2.75, 3.05) is 5.75 Å². The Morgan fingerprint density at radius 3 is 2.57 bits per heavy atom. The highest BCUT2D eigenvalue weighted by atomic mass is 32.2. The topological polar surface area (TPSA) is 0 Å². The van der Waals surface area contributed by atoms with Crippen LogP contribution in [0.3, 0.4) is 0 Å². The van der Waals surface area contributed by atoms with Crippen molar-refractivity contribution in [1.82, 2.24) is 0 Å². The summed E-state index contributed by atoms with van der Waals surface area (Å²) >= 11 is 1.80. The molecule has 0 nitrogen and oxygen atoms in total. The Morgan fingerprint density at radius 1 is 1.86 bits per heavy atom. The lowest BCUT2D eigenvalue weighted by Gasteiger charge is -1.98. The molecule has 0 heterocycles. The molecule has 1 radical (unpaired) electrons. The average molecular weight is 115 g/mol. The summed E-state index contributed by atoms with van der Waals surface area (Å²) in [5.41, 5.74) is 0. The van der Waals surface area contributed by atoms with Gasteiger partial charge in [0.1, 0.15) is 0 Å². The Morgan fingerprint density at radius 2 is 2.43 bits per heavy atom. The van der Waals surface area contributed by atoms with Gasteiger partial charge in [-0.05, 0) is 12.7 Å². The van der Waals surface area contributed by atoms with E-state index in [1.807, 2.05) is 6.08 Å². The molecule has 0 fully saturated rings. The second-order valence-electron chi connectivity index (χ2n) is 1.23. The van der Waals surface area contributed by atoms with Crippen LogP contribution in [0.25, 0.3) is 0 Å². The highest BCUT2D eigenvalue weighted by molar-refractivity contribution is 8.00. The summed E-state index contributed by atoms with van der Waals surface area (Å²) in [6.07, 6.45) is 1.86. The zero-order chi connectivity index (χ0) is 5.70. The minimum atomic E-state index is 0.380. The molecule has 0 saturated carbocycles. The van der Waals surface area contributed by atoms with E-state index in [0.29, 0.717) is 5.25 Å². The standard InChI is InChI=1S/C6H11S/c1-4-6(3)7-5-2/h4,6H,1,3,5H2,2H3. The van der Waals surface area contributed by atoms with Crippen LogP contribution in [-0.4, -0.2) is 11.0 Å². The van der Waals surface area contributed by atoms with Crippen LogP contribution >= 0.6 is 11.8 Å². The van der Waals surface area contributed by atoms with Gasteiger partial charge in [0.25, 0.3) is 0 Å². The molecule has 0 aromatic rings. The SMILES string of the molecule is [CH2]C(C=C)SCC. The fourth-order valence-corrected chi connectivity index (χ4v) is 0.846. The summed E-state index contributed by atoms with van der Waals surface area (Å²) in [7, 11) is 0. The molecule has 0 aromatic heterocycles. The molecule has 1 heteroatoms. The molecular formula is C6H11S. The van der Waals surface area contributed by atoms with Crippen molar-refractivity contribution in [2.24, 2.45) is 0 Å². The zero-order valence-corrected chi connectivity index (χ0v) is 5.50. The molecule has 0 saturated heterocycles. The van der Waals surface area contributed by atoms with E-state index in [1.165, 1.54) is 0 Å². The monoisotopic (exact) mass is 115 g/mol. The third-order valence-corrected chi connectivity index (χ3v) is 1.60. The van der Waals surface area contributed by atoms with Crippen LogP contribution in [0.5, 0.6) is 0 Å². The van der Waals surface area contributed by atoms with Gasteiger partial charge >= 0.3 is 0 Å². The second kappa shape index (κ2) is 4.25. The van der Waals surface area contributed by atoms with Crippen LogP contribution in [0.4, 0.5) is 0 Å². The molecule has 1 unspecified atom stereocenters. The van der Waals surface area contributed by atoms with E-state index in [9.17, 15) is 0 Å². The van der Waals surface area contributed by atoms with Crippen LogP contribution in [-0.2, 0) is 0 Å². The summed E-state index contributed by atoms with van der Waals surface area (Å²) in [5.74, 6) is 1.13. The van der Waals surface area contributed by atoms with Gasteiger partial charge in [0.2, 0.25) is 0 Å². The van der Waals surface area contributed by atoms with Gasteiger partial charge in [0.05, 0.1) is 0 Å². The van der Waals surface area contributed by atoms with Crippen molar-refractivity contribution in [3.8, 4) is 0 Å². The summed E-state index contributed by atoms with van der Waals surface area (Å²) < 4.78 is 0. The van der Waals surface area contributed by atoms with Gasteiger partial charge in [-0.25, -0.2) is 0 Å². The maximum absolute atomic E-state index is 3.79. The Kier molecular flexibility index (Phi) is 4.31. The van der Waals surface area contributed by atoms with Crippen LogP contribution in [0, 0.1) is 6.92 Å². The van der Waals surface area contributed by atoms with Gasteiger partial charge in [-0.2, -0.15) is 11.8 Å². The fraction of sp³-hybridized carbons (Fsp3) is 0.500. The molecule has 41 valence electrons. The average Bonchev–Trinajstić information content (AvgIpc) is 1.68. The molecule has 0 bridgehead atoms. The predicted molar refractivity (Wildman–Crippen MR) is 37.5 cm³/mol. The maximum Gasteiger partial charge on any atom is 0.0224 e. The van der Waals surface area contributed by atoms with E-state index in [1.54, 1.807) is 11.8 Å². The number of hydrogen-bond donors (Lipinski definition) is 0. The van der Waals surface area contributed by atoms with Gasteiger partial charge in [-0.1, -0.05) is 13.0 Å². The Bertz CT molecular complexity index is 50.1. The third kappa shape index (κ3) is 3.93. The highest BCUT2D eigenvalue weighted by Gasteiger charge is 1.89. The van der Waals surface area contributed by atoms with E-state index in [2.05, 4.69) is 20.4 Å². The van der Waals surface area contributed by atoms with Crippen LogP contribution < -0.4 is 0 Å². The van der Waals surface area contributed by atoms with Gasteiger partial charge < -0.3 is 0 Å². The molecule has 0 aromatic carbocycles. The van der Waals surface area contributed by atoms with Crippen molar-refractivity contribution in [3.05, 3.63) is 19.6 Å². The zero-order valence-electron chi connectivity index (χ0n) is 4.68. The molecule has 0 aliphatic heterocycles. The molecular weight excluding hydrogens is 104 g/mol. The lowest BCUT2D eigenvalue weighted by atomic mass is 10.5. The first-order chi connectivity index (χ1) is 3.31. The fourth-order valence-electron chi connectivity index (χ4n) is 0.282. The third-order valence-electron chi connectivity index (χ3n) is 0.644. The summed E-state index contributed by atoms with van der Waals surface area (Å²) in [6, 6.07) is 0. The van der Waals surface area contributed by atoms with E-state index in [-0.39, 0.29) is 0 Å². The molecule has 7 heavy (non-hydrogen) atoms. The van der Waals surface area contributed by atoms with Crippen LogP contribution in [0.2, 0.25) is 0 Å². The Hall–Kier alpha value is 0.0900. The number of hydrogen-bond acceptors (Lipinski definition) is 1. The van der Waals surface area contributed by atoms with Crippen LogP contribution in [0.1, 0.15) is 6.92 Å². The predicted octanol–water partition coefficient (Wildman–Crippen LogP) is 2.13. The summed E-state index contributed by atoms with van der Waals surface area (Å²) in [5, 5.41) is 0.380. The van der Waals surface area contributed by atoms with Gasteiger partial charge in [0, 0.05) is 5.25 Å². The first kappa shape index (κ1) is 7.09. The first-order valence-corrected chi connectivity index (χ1v) is 3.43. The normalized spacial score (nSPS) is 13.4. The van der Waals surface area contributed by atoms with Gasteiger partial charge in [-0.3, -0.25) is 0 Å². The van der Waals surface area contributed by atoms with Crippen molar-refractivity contribution < 1.29 is 0 Å². The lowest BCUT2D eigenvalue weighted by Crippen LogP contribution is -1.87. The van der Waals surface area contributed by atoms with Crippen molar-refractivity contribution in [1.29, 1.82) is 0 Å². The number of thioether (sulfide) groups is 1. The summed E-state index contributed by atoms with van der Waals surface area (Å²) in [4.78, 5) is 0. The maximum atomic E-state index is 3.79. The van der Waals surface area contributed by atoms with E-state index < -0.39 is 0 Å². The molecule has 1 atom stereocenters. The Balaban J connectivity index is 2.98. The lowest BCUT2D eigenvalue weighted by molar-refractivity contribution is 1.40. The molecule has 0 amide bonds. The largest absolute Gasteiger partial charge is 0.155 e. The van der Waals surface area contributed by atoms with Crippen molar-refractivity contribution in [3.63, 3.8) is 0 Å². The molecule has 0 spiro atoms. The molecule has 0 aliphatic carbocycles. The Labute approximate surface area is 50.0 Å². The van der Waals surface area contributed by atoms with E-state index in [4.69, 9.17) is 0 Å². The molecule has 0 aliphatic rings. The van der Waals surface area contributed by atoms with E-state index >= 15 is 0 Å². The van der Waals surface area contributed by atoms with Crippen LogP contribution in [0.15, 0.2) is 12.7 Å². The quantitative estimate of drug-likeness (QED) is 0.508. The first-order valence-electron chi connectivity index (χ1n) is 2.38. The minimum absolute atomic E-state index is 0.380. The smallest absolute Gasteiger partial charge is 0.0224 e. The van der Waals surface area contributed by atoms with E-state index in [0.717, 1.165) is 5.75 Å². The van der Waals surface area contributed by atoms with Gasteiger partial charge in [0.15, 0.2) is 0 Å². The minimum Gasteiger partial charge on any atom is -0.155 e.